The zero-order valence-electron chi connectivity index (χ0n) is 17.2. The first-order valence-electron chi connectivity index (χ1n) is 9.80. The van der Waals surface area contributed by atoms with Gasteiger partial charge in [-0.3, -0.25) is 9.78 Å². The second kappa shape index (κ2) is 8.67. The zero-order chi connectivity index (χ0) is 23.8. The number of halogens is 3. The van der Waals surface area contributed by atoms with Crippen molar-refractivity contribution in [2.45, 2.75) is 19.6 Å². The number of carbonyl (C=O) groups is 2. The number of benzene rings is 2. The summed E-state index contributed by atoms with van der Waals surface area (Å²) in [5.41, 5.74) is 2.10. The number of thiophene rings is 1. The van der Waals surface area contributed by atoms with E-state index in [4.69, 9.17) is 0 Å². The lowest BCUT2D eigenvalue weighted by Gasteiger charge is -2.10. The predicted octanol–water partition coefficient (Wildman–Crippen LogP) is 5.92. The van der Waals surface area contributed by atoms with Crippen LogP contribution in [0.25, 0.3) is 21.2 Å². The Labute approximate surface area is 190 Å². The number of pyridine rings is 1. The van der Waals surface area contributed by atoms with Gasteiger partial charge in [-0.2, -0.15) is 13.2 Å². The first kappa shape index (κ1) is 22.5. The molecule has 1 amide bonds. The molecule has 4 rings (SSSR count). The number of rotatable bonds is 5. The summed E-state index contributed by atoms with van der Waals surface area (Å²) in [5, 5.41) is 12.8. The number of carboxylic acids is 1. The maximum Gasteiger partial charge on any atom is 0.416 e. The van der Waals surface area contributed by atoms with Crippen molar-refractivity contribution in [3.63, 3.8) is 0 Å². The van der Waals surface area contributed by atoms with Gasteiger partial charge in [-0.05, 0) is 47.9 Å². The summed E-state index contributed by atoms with van der Waals surface area (Å²) in [5.74, 6) is -1.41. The summed E-state index contributed by atoms with van der Waals surface area (Å²) in [7, 11) is 0. The van der Waals surface area contributed by atoms with Gasteiger partial charge in [0.1, 0.15) is 4.88 Å². The van der Waals surface area contributed by atoms with Gasteiger partial charge in [0.25, 0.3) is 5.91 Å². The fourth-order valence-corrected chi connectivity index (χ4v) is 4.61. The molecule has 0 aliphatic heterocycles. The van der Waals surface area contributed by atoms with Crippen molar-refractivity contribution < 1.29 is 27.9 Å². The van der Waals surface area contributed by atoms with Gasteiger partial charge < -0.3 is 10.4 Å². The Hall–Kier alpha value is -3.72. The quantitative estimate of drug-likeness (QED) is 0.380. The first-order chi connectivity index (χ1) is 15.6. The average Bonchev–Trinajstić information content (AvgIpc) is 3.14. The van der Waals surface area contributed by atoms with Crippen LogP contribution >= 0.6 is 11.3 Å². The largest absolute Gasteiger partial charge is 0.477 e. The van der Waals surface area contributed by atoms with Crippen LogP contribution in [0.1, 0.15) is 36.7 Å². The van der Waals surface area contributed by atoms with Crippen LogP contribution in [0.3, 0.4) is 0 Å². The highest BCUT2D eigenvalue weighted by Crippen LogP contribution is 2.37. The minimum atomic E-state index is -4.44. The number of nitrogens with zero attached hydrogens (tertiary/aromatic N) is 1. The van der Waals surface area contributed by atoms with Crippen molar-refractivity contribution in [2.24, 2.45) is 0 Å². The monoisotopic (exact) mass is 470 g/mol. The van der Waals surface area contributed by atoms with Crippen molar-refractivity contribution in [1.82, 2.24) is 10.3 Å². The minimum Gasteiger partial charge on any atom is -0.477 e. The van der Waals surface area contributed by atoms with Crippen LogP contribution < -0.4 is 5.32 Å². The molecule has 0 spiro atoms. The predicted molar refractivity (Wildman–Crippen MR) is 119 cm³/mol. The number of alkyl halides is 3. The van der Waals surface area contributed by atoms with Gasteiger partial charge in [-0.15, -0.1) is 11.3 Å². The van der Waals surface area contributed by atoms with E-state index in [1.807, 2.05) is 0 Å². The maximum atomic E-state index is 12.9. The van der Waals surface area contributed by atoms with Gasteiger partial charge in [0.05, 0.1) is 10.3 Å². The Morgan fingerprint density at radius 3 is 2.48 bits per heavy atom. The second-order valence-electron chi connectivity index (χ2n) is 7.38. The highest BCUT2D eigenvalue weighted by Gasteiger charge is 2.30. The third-order valence-electron chi connectivity index (χ3n) is 5.20. The molecule has 2 N–H and O–H groups in total. The first-order valence-corrected chi connectivity index (χ1v) is 10.6. The lowest BCUT2D eigenvalue weighted by atomic mass is 10.00. The topological polar surface area (TPSA) is 79.3 Å². The molecule has 168 valence electrons. The summed E-state index contributed by atoms with van der Waals surface area (Å²) in [6.45, 7) is 1.71. The summed E-state index contributed by atoms with van der Waals surface area (Å²) >= 11 is 1.16. The Morgan fingerprint density at radius 1 is 1.09 bits per heavy atom. The Bertz CT molecular complexity index is 1360. The molecule has 2 aromatic heterocycles. The standard InChI is InChI=1S/C24H17F3N2O3S/c1-13-20-18(11-28-12-19(20)33-21(13)23(31)32)15-5-7-16(8-6-15)22(30)29-10-14-3-2-4-17(9-14)24(25,26)27/h2-9,11-12H,10H2,1H3,(H,29,30)(H,31,32). The Kier molecular flexibility index (Phi) is 5.90. The molecule has 0 aliphatic carbocycles. The lowest BCUT2D eigenvalue weighted by Crippen LogP contribution is -2.23. The van der Waals surface area contributed by atoms with Gasteiger partial charge in [-0.25, -0.2) is 4.79 Å². The lowest BCUT2D eigenvalue weighted by molar-refractivity contribution is -0.137. The van der Waals surface area contributed by atoms with E-state index in [0.717, 1.165) is 44.7 Å². The molecule has 0 fully saturated rings. The van der Waals surface area contributed by atoms with Crippen LogP contribution in [-0.2, 0) is 12.7 Å². The molecule has 0 aliphatic rings. The molecule has 33 heavy (non-hydrogen) atoms. The number of hydrogen-bond donors (Lipinski definition) is 2. The molecule has 5 nitrogen and oxygen atoms in total. The van der Waals surface area contributed by atoms with Crippen LogP contribution in [0, 0.1) is 6.92 Å². The zero-order valence-corrected chi connectivity index (χ0v) is 18.1. The Morgan fingerprint density at radius 2 is 1.82 bits per heavy atom. The van der Waals surface area contributed by atoms with Gasteiger partial charge in [0.2, 0.25) is 0 Å². The maximum absolute atomic E-state index is 12.9. The van der Waals surface area contributed by atoms with Crippen molar-refractivity contribution in [2.75, 3.05) is 0 Å². The number of fused-ring (bicyclic) bond motifs is 1. The molecule has 0 saturated carbocycles. The number of aromatic carboxylic acids is 1. The minimum absolute atomic E-state index is 0.0419. The van der Waals surface area contributed by atoms with Gasteiger partial charge in [-0.1, -0.05) is 24.3 Å². The van der Waals surface area contributed by atoms with E-state index in [0.29, 0.717) is 16.7 Å². The van der Waals surface area contributed by atoms with Crippen molar-refractivity contribution >= 4 is 33.3 Å². The summed E-state index contributed by atoms with van der Waals surface area (Å²) in [6.07, 6.45) is -1.17. The average molecular weight is 470 g/mol. The normalized spacial score (nSPS) is 11.5. The van der Waals surface area contributed by atoms with E-state index in [1.54, 1.807) is 43.6 Å². The summed E-state index contributed by atoms with van der Waals surface area (Å²) in [4.78, 5) is 28.4. The molecule has 0 bridgehead atoms. The summed E-state index contributed by atoms with van der Waals surface area (Å²) in [6, 6.07) is 11.5. The van der Waals surface area contributed by atoms with E-state index in [1.165, 1.54) is 12.1 Å². The molecular formula is C24H17F3N2O3S. The molecule has 4 aromatic rings. The van der Waals surface area contributed by atoms with Gasteiger partial charge in [0.15, 0.2) is 0 Å². The molecular weight excluding hydrogens is 453 g/mol. The van der Waals surface area contributed by atoms with Crippen LogP contribution in [0.2, 0.25) is 0 Å². The number of hydrogen-bond acceptors (Lipinski definition) is 4. The van der Waals surface area contributed by atoms with Crippen molar-refractivity contribution in [1.29, 1.82) is 0 Å². The SMILES string of the molecule is Cc1c(C(=O)O)sc2cncc(-c3ccc(C(=O)NCc4cccc(C(F)(F)F)c4)cc3)c12. The van der Waals surface area contributed by atoms with Gasteiger partial charge in [0, 0.05) is 35.5 Å². The van der Waals surface area contributed by atoms with E-state index in [9.17, 15) is 27.9 Å². The molecule has 0 atom stereocenters. The van der Waals surface area contributed by atoms with Crippen LogP contribution in [0.5, 0.6) is 0 Å². The van der Waals surface area contributed by atoms with Gasteiger partial charge >= 0.3 is 12.1 Å². The third kappa shape index (κ3) is 4.58. The van der Waals surface area contributed by atoms with Crippen LogP contribution in [0.15, 0.2) is 60.9 Å². The summed E-state index contributed by atoms with van der Waals surface area (Å²) < 4.78 is 39.3. The second-order valence-corrected chi connectivity index (χ2v) is 8.43. The van der Waals surface area contributed by atoms with E-state index >= 15 is 0 Å². The molecule has 0 saturated heterocycles. The fraction of sp³-hybridized carbons (Fsp3) is 0.125. The molecule has 2 aromatic carbocycles. The van der Waals surface area contributed by atoms with Crippen molar-refractivity contribution in [3.8, 4) is 11.1 Å². The molecule has 9 heteroatoms. The molecule has 0 unspecified atom stereocenters. The van der Waals surface area contributed by atoms with Crippen LogP contribution in [-0.4, -0.2) is 22.0 Å². The number of aryl methyl sites for hydroxylation is 1. The number of nitrogens with one attached hydrogen (secondary N) is 1. The molecule has 0 radical (unpaired) electrons. The van der Waals surface area contributed by atoms with E-state index in [-0.39, 0.29) is 11.4 Å². The number of amides is 1. The highest BCUT2D eigenvalue weighted by atomic mass is 32.1. The third-order valence-corrected chi connectivity index (χ3v) is 6.41. The highest BCUT2D eigenvalue weighted by molar-refractivity contribution is 7.21. The van der Waals surface area contributed by atoms with E-state index in [2.05, 4.69) is 10.3 Å². The van der Waals surface area contributed by atoms with Crippen molar-refractivity contribution in [3.05, 3.63) is 88.1 Å². The smallest absolute Gasteiger partial charge is 0.416 e. The fourth-order valence-electron chi connectivity index (χ4n) is 3.57. The number of carbonyl (C=O) groups excluding carboxylic acids is 1. The molecule has 2 heterocycles. The number of aromatic nitrogens is 1. The Balaban J connectivity index is 1.53. The van der Waals surface area contributed by atoms with Crippen LogP contribution in [0.4, 0.5) is 13.2 Å². The van der Waals surface area contributed by atoms with E-state index < -0.39 is 23.6 Å². The number of carboxylic acid groups (broad SMARTS) is 1.